The maximum atomic E-state index is 11.7. The van der Waals surface area contributed by atoms with Crippen molar-refractivity contribution in [1.82, 2.24) is 9.55 Å². The lowest BCUT2D eigenvalue weighted by atomic mass is 10.2. The zero-order valence-electron chi connectivity index (χ0n) is 8.13. The SMILES string of the molecule is Cc1ncn(CC(C)CCl)c(=O)c1I. The number of aromatic nitrogens is 2. The van der Waals surface area contributed by atoms with Gasteiger partial charge in [-0.2, -0.15) is 0 Å². The Morgan fingerprint density at radius 1 is 1.71 bits per heavy atom. The fraction of sp³-hybridized carbons (Fsp3) is 0.556. The lowest BCUT2D eigenvalue weighted by molar-refractivity contribution is 0.507. The van der Waals surface area contributed by atoms with Crippen LogP contribution in [-0.2, 0) is 6.54 Å². The van der Waals surface area contributed by atoms with Gasteiger partial charge in [0.25, 0.3) is 5.56 Å². The van der Waals surface area contributed by atoms with Crippen molar-refractivity contribution >= 4 is 34.2 Å². The Morgan fingerprint density at radius 2 is 2.36 bits per heavy atom. The lowest BCUT2D eigenvalue weighted by Gasteiger charge is -2.10. The maximum absolute atomic E-state index is 11.7. The van der Waals surface area contributed by atoms with Crippen molar-refractivity contribution in [2.75, 3.05) is 5.88 Å². The van der Waals surface area contributed by atoms with E-state index >= 15 is 0 Å². The molecule has 0 amide bonds. The van der Waals surface area contributed by atoms with Crippen LogP contribution in [0.25, 0.3) is 0 Å². The molecule has 1 atom stereocenters. The van der Waals surface area contributed by atoms with Crippen LogP contribution in [0.5, 0.6) is 0 Å². The molecule has 3 nitrogen and oxygen atoms in total. The van der Waals surface area contributed by atoms with Gasteiger partial charge in [-0.1, -0.05) is 6.92 Å². The van der Waals surface area contributed by atoms with Gasteiger partial charge in [0, 0.05) is 12.4 Å². The second-order valence-electron chi connectivity index (χ2n) is 3.36. The van der Waals surface area contributed by atoms with Gasteiger partial charge >= 0.3 is 0 Å². The first-order valence-corrected chi connectivity index (χ1v) is 5.95. The van der Waals surface area contributed by atoms with Crippen LogP contribution >= 0.6 is 34.2 Å². The highest BCUT2D eigenvalue weighted by Gasteiger charge is 2.07. The van der Waals surface area contributed by atoms with Gasteiger partial charge in [0.2, 0.25) is 0 Å². The summed E-state index contributed by atoms with van der Waals surface area (Å²) in [5.74, 6) is 0.839. The van der Waals surface area contributed by atoms with Gasteiger partial charge in [-0.25, -0.2) is 4.98 Å². The number of hydrogen-bond acceptors (Lipinski definition) is 2. The van der Waals surface area contributed by atoms with Gasteiger partial charge in [-0.05, 0) is 35.4 Å². The summed E-state index contributed by atoms with van der Waals surface area (Å²) < 4.78 is 2.30. The molecule has 1 aromatic heterocycles. The molecule has 0 aliphatic carbocycles. The number of hydrogen-bond donors (Lipinski definition) is 0. The minimum Gasteiger partial charge on any atom is -0.298 e. The van der Waals surface area contributed by atoms with E-state index in [0.29, 0.717) is 16.0 Å². The molecule has 0 saturated carbocycles. The van der Waals surface area contributed by atoms with Crippen molar-refractivity contribution in [3.05, 3.63) is 25.9 Å². The molecule has 1 heterocycles. The molecule has 0 saturated heterocycles. The van der Waals surface area contributed by atoms with Crippen molar-refractivity contribution < 1.29 is 0 Å². The minimum atomic E-state index is 0.0232. The van der Waals surface area contributed by atoms with Gasteiger partial charge in [0.15, 0.2) is 0 Å². The highest BCUT2D eigenvalue weighted by Crippen LogP contribution is 2.04. The molecule has 0 aromatic carbocycles. The predicted octanol–water partition coefficient (Wildman–Crippen LogP) is 2.03. The zero-order valence-corrected chi connectivity index (χ0v) is 11.0. The van der Waals surface area contributed by atoms with Crippen LogP contribution in [0.3, 0.4) is 0 Å². The Balaban J connectivity index is 3.00. The molecule has 0 radical (unpaired) electrons. The normalized spacial score (nSPS) is 12.9. The average Bonchev–Trinajstić information content (AvgIpc) is 2.19. The highest BCUT2D eigenvalue weighted by atomic mass is 127. The molecule has 0 bridgehead atoms. The summed E-state index contributed by atoms with van der Waals surface area (Å²) in [6, 6.07) is 0. The van der Waals surface area contributed by atoms with Crippen LogP contribution in [0.15, 0.2) is 11.1 Å². The smallest absolute Gasteiger partial charge is 0.267 e. The predicted molar refractivity (Wildman–Crippen MR) is 65.8 cm³/mol. The lowest BCUT2D eigenvalue weighted by Crippen LogP contribution is -2.26. The van der Waals surface area contributed by atoms with E-state index in [1.54, 1.807) is 10.9 Å². The second kappa shape index (κ2) is 5.11. The maximum Gasteiger partial charge on any atom is 0.267 e. The fourth-order valence-electron chi connectivity index (χ4n) is 1.06. The third kappa shape index (κ3) is 2.70. The van der Waals surface area contributed by atoms with Crippen molar-refractivity contribution in [2.45, 2.75) is 20.4 Å². The molecule has 0 aliphatic rings. The topological polar surface area (TPSA) is 34.9 Å². The molecule has 0 fully saturated rings. The summed E-state index contributed by atoms with van der Waals surface area (Å²) in [6.45, 7) is 4.47. The van der Waals surface area contributed by atoms with E-state index < -0.39 is 0 Å². The van der Waals surface area contributed by atoms with E-state index in [2.05, 4.69) is 4.98 Å². The monoisotopic (exact) mass is 326 g/mol. The molecule has 0 spiro atoms. The van der Waals surface area contributed by atoms with Crippen LogP contribution in [0.2, 0.25) is 0 Å². The Kier molecular flexibility index (Phi) is 4.37. The molecule has 14 heavy (non-hydrogen) atoms. The fourth-order valence-corrected chi connectivity index (χ4v) is 1.61. The van der Waals surface area contributed by atoms with Gasteiger partial charge in [0.1, 0.15) is 0 Å². The van der Waals surface area contributed by atoms with E-state index in [4.69, 9.17) is 11.6 Å². The van der Waals surface area contributed by atoms with Crippen molar-refractivity contribution in [3.63, 3.8) is 0 Å². The molecule has 1 rings (SSSR count). The summed E-state index contributed by atoms with van der Waals surface area (Å²) in [7, 11) is 0. The van der Waals surface area contributed by atoms with Crippen LogP contribution in [0, 0.1) is 16.4 Å². The average molecular weight is 327 g/mol. The molecule has 1 aromatic rings. The molecule has 78 valence electrons. The van der Waals surface area contributed by atoms with E-state index in [1.807, 2.05) is 36.4 Å². The van der Waals surface area contributed by atoms with Crippen molar-refractivity contribution in [2.24, 2.45) is 5.92 Å². The third-order valence-corrected chi connectivity index (χ3v) is 3.70. The second-order valence-corrected chi connectivity index (χ2v) is 4.75. The number of halogens is 2. The first kappa shape index (κ1) is 12.0. The Hall–Kier alpha value is -0.100. The molecule has 1 unspecified atom stereocenters. The molecule has 0 N–H and O–H groups in total. The van der Waals surface area contributed by atoms with E-state index in [-0.39, 0.29) is 11.5 Å². The van der Waals surface area contributed by atoms with Crippen LogP contribution in [0.1, 0.15) is 12.6 Å². The number of rotatable bonds is 3. The minimum absolute atomic E-state index is 0.0232. The zero-order chi connectivity index (χ0) is 10.7. The van der Waals surface area contributed by atoms with Crippen LogP contribution in [0.4, 0.5) is 0 Å². The first-order chi connectivity index (χ1) is 6.56. The summed E-state index contributed by atoms with van der Waals surface area (Å²) in [5, 5.41) is 0. The van der Waals surface area contributed by atoms with E-state index in [1.165, 1.54) is 0 Å². The summed E-state index contributed by atoms with van der Waals surface area (Å²) in [6.07, 6.45) is 1.59. The first-order valence-electron chi connectivity index (χ1n) is 4.33. The van der Waals surface area contributed by atoms with Gasteiger partial charge < -0.3 is 0 Å². The summed E-state index contributed by atoms with van der Waals surface area (Å²) >= 11 is 7.71. The molecular weight excluding hydrogens is 314 g/mol. The number of nitrogens with zero attached hydrogens (tertiary/aromatic N) is 2. The third-order valence-electron chi connectivity index (χ3n) is 1.93. The van der Waals surface area contributed by atoms with E-state index in [9.17, 15) is 4.79 Å². The Morgan fingerprint density at radius 3 is 2.93 bits per heavy atom. The van der Waals surface area contributed by atoms with E-state index in [0.717, 1.165) is 5.69 Å². The molecular formula is C9H12ClIN2O. The van der Waals surface area contributed by atoms with Gasteiger partial charge in [-0.15, -0.1) is 11.6 Å². The van der Waals surface area contributed by atoms with Crippen molar-refractivity contribution in [1.29, 1.82) is 0 Å². The van der Waals surface area contributed by atoms with Crippen LogP contribution < -0.4 is 5.56 Å². The Labute approximate surface area is 102 Å². The highest BCUT2D eigenvalue weighted by molar-refractivity contribution is 14.1. The largest absolute Gasteiger partial charge is 0.298 e. The van der Waals surface area contributed by atoms with Gasteiger partial charge in [-0.3, -0.25) is 9.36 Å². The molecule has 5 heteroatoms. The summed E-state index contributed by atoms with van der Waals surface area (Å²) in [4.78, 5) is 15.9. The Bertz CT molecular complexity index is 378. The van der Waals surface area contributed by atoms with Gasteiger partial charge in [0.05, 0.1) is 15.6 Å². The summed E-state index contributed by atoms with van der Waals surface area (Å²) in [5.41, 5.74) is 0.806. The molecule has 0 aliphatic heterocycles. The number of alkyl halides is 1. The quantitative estimate of drug-likeness (QED) is 0.629. The van der Waals surface area contributed by atoms with Crippen molar-refractivity contribution in [3.8, 4) is 0 Å². The van der Waals surface area contributed by atoms with Crippen LogP contribution in [-0.4, -0.2) is 15.4 Å². The number of aryl methyl sites for hydroxylation is 1. The standard InChI is InChI=1S/C9H12ClIN2O/c1-6(3-10)4-13-5-12-7(2)8(11)9(13)14/h5-6H,3-4H2,1-2H3.